The second kappa shape index (κ2) is 11.5. The second-order valence-corrected chi connectivity index (χ2v) is 6.36. The van der Waals surface area contributed by atoms with Gasteiger partial charge in [0.05, 0.1) is 20.8 Å². The summed E-state index contributed by atoms with van der Waals surface area (Å²) >= 11 is 0. The molecule has 158 valence electrons. The highest BCUT2D eigenvalue weighted by atomic mass is 16.5. The van der Waals surface area contributed by atoms with Crippen LogP contribution in [-0.2, 0) is 20.7 Å². The summed E-state index contributed by atoms with van der Waals surface area (Å²) in [5.74, 6) is -0.328. The monoisotopic (exact) mass is 410 g/mol. The first kappa shape index (κ1) is 22.7. The summed E-state index contributed by atoms with van der Waals surface area (Å²) < 4.78 is 15.2. The van der Waals surface area contributed by atoms with Crippen LogP contribution in [0.2, 0.25) is 0 Å². The van der Waals surface area contributed by atoms with Crippen molar-refractivity contribution in [3.63, 3.8) is 0 Å². The quantitative estimate of drug-likeness (QED) is 0.157. The molecule has 0 atom stereocenters. The van der Waals surface area contributed by atoms with Crippen LogP contribution in [0.4, 0.5) is 0 Å². The third kappa shape index (κ3) is 6.51. The van der Waals surface area contributed by atoms with Gasteiger partial charge in [-0.15, -0.1) is 0 Å². The molecule has 0 fully saturated rings. The number of hydrogen-bond donors (Lipinski definition) is 1. The number of carbonyl (C=O) groups excluding carboxylic acids is 2. The lowest BCUT2D eigenvalue weighted by atomic mass is 10.0. The lowest BCUT2D eigenvalue weighted by Gasteiger charge is -2.08. The van der Waals surface area contributed by atoms with Crippen molar-refractivity contribution < 1.29 is 28.9 Å². The molecule has 0 spiro atoms. The van der Waals surface area contributed by atoms with Gasteiger partial charge in [-0.05, 0) is 54.8 Å². The second-order valence-electron chi connectivity index (χ2n) is 6.36. The zero-order chi connectivity index (χ0) is 21.9. The van der Waals surface area contributed by atoms with Gasteiger partial charge in [-0.3, -0.25) is 4.79 Å². The molecule has 2 rings (SSSR count). The smallest absolute Gasteiger partial charge is 0.345 e. The van der Waals surface area contributed by atoms with E-state index in [-0.39, 0.29) is 18.6 Å². The van der Waals surface area contributed by atoms with Crippen molar-refractivity contribution in [3.8, 4) is 11.5 Å². The van der Waals surface area contributed by atoms with Gasteiger partial charge in [0.15, 0.2) is 5.78 Å². The summed E-state index contributed by atoms with van der Waals surface area (Å²) in [4.78, 5) is 25.0. The summed E-state index contributed by atoms with van der Waals surface area (Å²) in [6.07, 6.45) is 3.40. The molecule has 0 amide bonds. The standard InChI is InChI=1S/C24H26O6/c1-4-30-24(27)23(21(25)15-9-17-5-11-19(28-2)12-6-17)22(26)16-10-18-7-13-20(29-3)14-8-18/h5-9,11-15,25H,4,10,16H2,1-3H3/b15-9+,23-21-. The lowest BCUT2D eigenvalue weighted by molar-refractivity contribution is -0.140. The number of aryl methyl sites for hydroxylation is 1. The maximum atomic E-state index is 12.7. The number of aliphatic hydroxyl groups is 1. The van der Waals surface area contributed by atoms with Gasteiger partial charge in [-0.2, -0.15) is 0 Å². The third-order valence-electron chi connectivity index (χ3n) is 4.36. The van der Waals surface area contributed by atoms with Crippen LogP contribution in [0.1, 0.15) is 24.5 Å². The highest BCUT2D eigenvalue weighted by molar-refractivity contribution is 6.18. The molecule has 0 aliphatic carbocycles. The molecule has 0 aliphatic rings. The Morgan fingerprint density at radius 3 is 2.03 bits per heavy atom. The number of carbonyl (C=O) groups is 2. The first-order valence-corrected chi connectivity index (χ1v) is 9.57. The average Bonchev–Trinajstić information content (AvgIpc) is 2.77. The van der Waals surface area contributed by atoms with Crippen molar-refractivity contribution in [2.75, 3.05) is 20.8 Å². The minimum Gasteiger partial charge on any atom is -0.507 e. The van der Waals surface area contributed by atoms with Gasteiger partial charge in [0.2, 0.25) is 0 Å². The van der Waals surface area contributed by atoms with Gasteiger partial charge >= 0.3 is 5.97 Å². The largest absolute Gasteiger partial charge is 0.507 e. The Morgan fingerprint density at radius 1 is 0.933 bits per heavy atom. The highest BCUT2D eigenvalue weighted by Crippen LogP contribution is 2.17. The fourth-order valence-electron chi connectivity index (χ4n) is 2.71. The van der Waals surface area contributed by atoms with Crippen LogP contribution in [0.25, 0.3) is 6.08 Å². The minimum atomic E-state index is -0.839. The Morgan fingerprint density at radius 2 is 1.50 bits per heavy atom. The normalized spacial score (nSPS) is 11.7. The van der Waals surface area contributed by atoms with Gasteiger partial charge in [-0.25, -0.2) is 4.79 Å². The summed E-state index contributed by atoms with van der Waals surface area (Å²) in [6.45, 7) is 1.74. The van der Waals surface area contributed by atoms with E-state index in [2.05, 4.69) is 0 Å². The average molecular weight is 410 g/mol. The molecule has 0 aromatic heterocycles. The van der Waals surface area contributed by atoms with Crippen molar-refractivity contribution >= 4 is 17.8 Å². The van der Waals surface area contributed by atoms with E-state index in [1.165, 1.54) is 6.08 Å². The molecule has 0 saturated heterocycles. The molecule has 1 N–H and O–H groups in total. The molecule has 0 unspecified atom stereocenters. The van der Waals surface area contributed by atoms with Crippen molar-refractivity contribution in [1.29, 1.82) is 0 Å². The molecule has 6 nitrogen and oxygen atoms in total. The summed E-state index contributed by atoms with van der Waals surface area (Å²) in [7, 11) is 3.15. The van der Waals surface area contributed by atoms with E-state index in [9.17, 15) is 14.7 Å². The van der Waals surface area contributed by atoms with Gasteiger partial charge in [0.25, 0.3) is 0 Å². The molecule has 0 bridgehead atoms. The number of rotatable bonds is 10. The molecule has 0 heterocycles. The SMILES string of the molecule is CCOC(=O)/C(C(=O)CCc1ccc(OC)cc1)=C(O)/C=C/c1ccc(OC)cc1. The lowest BCUT2D eigenvalue weighted by Crippen LogP contribution is -2.18. The van der Waals surface area contributed by atoms with Gasteiger partial charge in [0.1, 0.15) is 22.8 Å². The minimum absolute atomic E-state index is 0.0565. The number of hydrogen-bond acceptors (Lipinski definition) is 6. The molecule has 2 aromatic rings. The van der Waals surface area contributed by atoms with Crippen molar-refractivity contribution in [2.24, 2.45) is 0 Å². The maximum Gasteiger partial charge on any atom is 0.345 e. The number of benzene rings is 2. The van der Waals surface area contributed by atoms with Crippen LogP contribution in [-0.4, -0.2) is 37.7 Å². The Kier molecular flexibility index (Phi) is 8.69. The van der Waals surface area contributed by atoms with E-state index >= 15 is 0 Å². The first-order valence-electron chi connectivity index (χ1n) is 9.57. The van der Waals surface area contributed by atoms with Crippen LogP contribution in [0.15, 0.2) is 65.9 Å². The number of Topliss-reactive ketones (excluding diaryl/α,β-unsaturated/α-hetero) is 1. The predicted molar refractivity (Wildman–Crippen MR) is 115 cm³/mol. The van der Waals surface area contributed by atoms with Gasteiger partial charge in [-0.1, -0.05) is 30.3 Å². The number of allylic oxidation sites excluding steroid dienone is 1. The third-order valence-corrected chi connectivity index (χ3v) is 4.36. The summed E-state index contributed by atoms with van der Waals surface area (Å²) in [5.41, 5.74) is 1.34. The van der Waals surface area contributed by atoms with Crippen LogP contribution in [0.3, 0.4) is 0 Å². The number of aliphatic hydroxyl groups excluding tert-OH is 1. The number of ether oxygens (including phenoxy) is 3. The van der Waals surface area contributed by atoms with Crippen molar-refractivity contribution in [3.05, 3.63) is 77.1 Å². The van der Waals surface area contributed by atoms with E-state index in [4.69, 9.17) is 14.2 Å². The number of methoxy groups -OCH3 is 2. The summed E-state index contributed by atoms with van der Waals surface area (Å²) in [5, 5.41) is 10.4. The van der Waals surface area contributed by atoms with E-state index in [0.29, 0.717) is 12.2 Å². The molecule has 0 saturated carbocycles. The Labute approximate surface area is 176 Å². The van der Waals surface area contributed by atoms with Gasteiger partial charge in [0, 0.05) is 6.42 Å². The number of esters is 1. The van der Waals surface area contributed by atoms with Crippen molar-refractivity contribution in [1.82, 2.24) is 0 Å². The van der Waals surface area contributed by atoms with Crippen LogP contribution in [0.5, 0.6) is 11.5 Å². The van der Waals surface area contributed by atoms with Crippen LogP contribution >= 0.6 is 0 Å². The van der Waals surface area contributed by atoms with Gasteiger partial charge < -0.3 is 19.3 Å². The Bertz CT molecular complexity index is 908. The van der Waals surface area contributed by atoms with E-state index in [1.807, 2.05) is 12.1 Å². The van der Waals surface area contributed by atoms with E-state index in [0.717, 1.165) is 16.9 Å². The molecular formula is C24H26O6. The molecular weight excluding hydrogens is 384 g/mol. The fraction of sp³-hybridized carbons (Fsp3) is 0.250. The Balaban J connectivity index is 2.17. The molecule has 30 heavy (non-hydrogen) atoms. The first-order chi connectivity index (χ1) is 14.5. The Hall–Kier alpha value is -3.54. The highest BCUT2D eigenvalue weighted by Gasteiger charge is 2.23. The predicted octanol–water partition coefficient (Wildman–Crippen LogP) is 4.29. The zero-order valence-electron chi connectivity index (χ0n) is 17.4. The number of ketones is 1. The van der Waals surface area contributed by atoms with Crippen LogP contribution in [0, 0.1) is 0 Å². The maximum absolute atomic E-state index is 12.7. The van der Waals surface area contributed by atoms with E-state index < -0.39 is 17.5 Å². The molecule has 2 aromatic carbocycles. The van der Waals surface area contributed by atoms with Crippen molar-refractivity contribution in [2.45, 2.75) is 19.8 Å². The summed E-state index contributed by atoms with van der Waals surface area (Å²) in [6, 6.07) is 14.4. The fourth-order valence-corrected chi connectivity index (χ4v) is 2.71. The molecule has 0 aliphatic heterocycles. The molecule has 6 heteroatoms. The van der Waals surface area contributed by atoms with E-state index in [1.54, 1.807) is 63.6 Å². The topological polar surface area (TPSA) is 82.1 Å². The van der Waals surface area contributed by atoms with Crippen LogP contribution < -0.4 is 9.47 Å². The zero-order valence-corrected chi connectivity index (χ0v) is 17.4. The molecule has 0 radical (unpaired) electrons.